The Morgan fingerprint density at radius 2 is 1.57 bits per heavy atom. The molecule has 3 N–H and O–H groups in total. The fraction of sp³-hybridized carbons (Fsp3) is 0.609. The summed E-state index contributed by atoms with van der Waals surface area (Å²) in [7, 11) is 1.54. The summed E-state index contributed by atoms with van der Waals surface area (Å²) in [5, 5.41) is 5.46. The molecule has 7 nitrogen and oxygen atoms in total. The van der Waals surface area contributed by atoms with Crippen LogP contribution in [0.3, 0.4) is 0 Å². The molecule has 0 aliphatic heterocycles. The average Bonchev–Trinajstić information content (AvgIpc) is 2.68. The van der Waals surface area contributed by atoms with E-state index in [4.69, 9.17) is 4.84 Å². The molecule has 0 heterocycles. The maximum atomic E-state index is 13.1. The van der Waals surface area contributed by atoms with E-state index in [0.29, 0.717) is 6.42 Å². The van der Waals surface area contributed by atoms with E-state index in [9.17, 15) is 14.4 Å². The van der Waals surface area contributed by atoms with Gasteiger partial charge in [-0.15, -0.1) is 0 Å². The van der Waals surface area contributed by atoms with Gasteiger partial charge in [-0.2, -0.15) is 0 Å². The van der Waals surface area contributed by atoms with E-state index in [-0.39, 0.29) is 30.2 Å². The predicted octanol–water partition coefficient (Wildman–Crippen LogP) is 2.81. The smallest absolute Gasteiger partial charge is 0.247 e. The minimum absolute atomic E-state index is 0.203. The minimum atomic E-state index is -0.700. The molecule has 0 aromatic heterocycles. The monoisotopic (exact) mass is 419 g/mol. The first-order valence-electron chi connectivity index (χ1n) is 10.4. The highest BCUT2D eigenvalue weighted by Gasteiger charge is 2.37. The molecule has 0 aliphatic rings. The van der Waals surface area contributed by atoms with Crippen molar-refractivity contribution in [2.45, 2.75) is 60.6 Å². The van der Waals surface area contributed by atoms with Gasteiger partial charge >= 0.3 is 0 Å². The van der Waals surface area contributed by atoms with Crippen LogP contribution in [0.2, 0.25) is 0 Å². The SMILES string of the molecule is CNC(=O)[C@@H](NC(=O)[C@H](CC(C)C)[C@H](C)C(=O)NOCc1ccccc1)C(C)(C)C. The molecular formula is C23H37N3O4. The Bertz CT molecular complexity index is 698. The van der Waals surface area contributed by atoms with E-state index in [0.717, 1.165) is 5.56 Å². The fourth-order valence-electron chi connectivity index (χ4n) is 3.16. The molecule has 3 atom stereocenters. The Hall–Kier alpha value is -2.41. The van der Waals surface area contributed by atoms with Crippen molar-refractivity contribution < 1.29 is 19.2 Å². The molecule has 0 aliphatic carbocycles. The molecule has 0 fully saturated rings. The molecule has 0 saturated carbocycles. The second kappa shape index (κ2) is 11.7. The van der Waals surface area contributed by atoms with Crippen molar-refractivity contribution in [3.05, 3.63) is 35.9 Å². The number of nitrogens with one attached hydrogen (secondary N) is 3. The van der Waals surface area contributed by atoms with Gasteiger partial charge in [-0.25, -0.2) is 5.48 Å². The van der Waals surface area contributed by atoms with Gasteiger partial charge in [-0.3, -0.25) is 19.2 Å². The van der Waals surface area contributed by atoms with Crippen molar-refractivity contribution >= 4 is 17.7 Å². The summed E-state index contributed by atoms with van der Waals surface area (Å²) < 4.78 is 0. The highest BCUT2D eigenvalue weighted by Crippen LogP contribution is 2.24. The van der Waals surface area contributed by atoms with E-state index >= 15 is 0 Å². The van der Waals surface area contributed by atoms with Gasteiger partial charge in [0.25, 0.3) is 0 Å². The molecule has 168 valence electrons. The molecule has 0 radical (unpaired) electrons. The molecule has 1 aromatic rings. The van der Waals surface area contributed by atoms with Gasteiger partial charge in [0.1, 0.15) is 6.04 Å². The van der Waals surface area contributed by atoms with Crippen LogP contribution in [0.15, 0.2) is 30.3 Å². The first-order valence-corrected chi connectivity index (χ1v) is 10.4. The highest BCUT2D eigenvalue weighted by molar-refractivity contribution is 5.91. The molecular weight excluding hydrogens is 382 g/mol. The Labute approximate surface area is 180 Å². The van der Waals surface area contributed by atoms with Crippen LogP contribution in [0, 0.1) is 23.2 Å². The third-order valence-electron chi connectivity index (χ3n) is 4.99. The van der Waals surface area contributed by atoms with Crippen molar-refractivity contribution in [1.29, 1.82) is 0 Å². The highest BCUT2D eigenvalue weighted by atomic mass is 16.6. The van der Waals surface area contributed by atoms with Crippen LogP contribution < -0.4 is 16.1 Å². The van der Waals surface area contributed by atoms with Crippen LogP contribution in [0.4, 0.5) is 0 Å². The summed E-state index contributed by atoms with van der Waals surface area (Å²) in [5.41, 5.74) is 2.92. The molecule has 0 spiro atoms. The summed E-state index contributed by atoms with van der Waals surface area (Å²) in [5.74, 6) is -1.93. The normalized spacial score (nSPS) is 14.5. The summed E-state index contributed by atoms with van der Waals surface area (Å²) in [6, 6.07) is 8.79. The molecule has 30 heavy (non-hydrogen) atoms. The van der Waals surface area contributed by atoms with Gasteiger partial charge in [0, 0.05) is 18.9 Å². The molecule has 3 amide bonds. The van der Waals surface area contributed by atoms with Gasteiger partial charge in [0.2, 0.25) is 17.7 Å². The number of carbonyl (C=O) groups is 3. The number of benzene rings is 1. The molecule has 0 unspecified atom stereocenters. The van der Waals surface area contributed by atoms with E-state index in [1.165, 1.54) is 0 Å². The van der Waals surface area contributed by atoms with E-state index < -0.39 is 23.3 Å². The standard InChI is InChI=1S/C23H37N3O4/c1-15(2)13-18(21(28)25-19(22(29)24-7)23(4,5)6)16(3)20(27)26-30-14-17-11-9-8-10-12-17/h8-12,15-16,18-19H,13-14H2,1-7H3,(H,24,29)(H,25,28)(H,26,27)/t16-,18+,19+/m0/s1. The summed E-state index contributed by atoms with van der Waals surface area (Å²) in [6.07, 6.45) is 0.518. The van der Waals surface area contributed by atoms with Gasteiger partial charge in [-0.05, 0) is 23.3 Å². The lowest BCUT2D eigenvalue weighted by Crippen LogP contribution is -2.55. The van der Waals surface area contributed by atoms with Crippen molar-refractivity contribution in [2.24, 2.45) is 23.2 Å². The fourth-order valence-corrected chi connectivity index (χ4v) is 3.16. The van der Waals surface area contributed by atoms with Crippen LogP contribution >= 0.6 is 0 Å². The van der Waals surface area contributed by atoms with Crippen LogP contribution in [-0.4, -0.2) is 30.8 Å². The molecule has 1 aromatic carbocycles. The topological polar surface area (TPSA) is 96.5 Å². The number of rotatable bonds is 10. The number of carbonyl (C=O) groups excluding carboxylic acids is 3. The van der Waals surface area contributed by atoms with Gasteiger partial charge in [-0.1, -0.05) is 71.9 Å². The third-order valence-corrected chi connectivity index (χ3v) is 4.99. The second-order valence-electron chi connectivity index (χ2n) is 9.19. The summed E-state index contributed by atoms with van der Waals surface area (Å²) in [4.78, 5) is 43.4. The lowest BCUT2D eigenvalue weighted by molar-refractivity contribution is -0.145. The molecule has 0 saturated heterocycles. The van der Waals surface area contributed by atoms with Crippen molar-refractivity contribution in [2.75, 3.05) is 7.05 Å². The van der Waals surface area contributed by atoms with Gasteiger partial charge in [0.05, 0.1) is 6.61 Å². The van der Waals surface area contributed by atoms with Gasteiger partial charge < -0.3 is 10.6 Å². The maximum absolute atomic E-state index is 13.1. The largest absolute Gasteiger partial charge is 0.357 e. The zero-order chi connectivity index (χ0) is 22.9. The Balaban J connectivity index is 2.83. The lowest BCUT2D eigenvalue weighted by atomic mass is 9.82. The summed E-state index contributed by atoms with van der Waals surface area (Å²) in [6.45, 7) is 11.6. The first kappa shape index (κ1) is 25.6. The Morgan fingerprint density at radius 3 is 2.07 bits per heavy atom. The zero-order valence-electron chi connectivity index (χ0n) is 19.2. The summed E-state index contributed by atoms with van der Waals surface area (Å²) >= 11 is 0. The molecule has 7 heteroatoms. The Morgan fingerprint density at radius 1 is 0.967 bits per heavy atom. The van der Waals surface area contributed by atoms with Gasteiger partial charge in [0.15, 0.2) is 0 Å². The third kappa shape index (κ3) is 8.14. The van der Waals surface area contributed by atoms with E-state index in [2.05, 4.69) is 16.1 Å². The maximum Gasteiger partial charge on any atom is 0.247 e. The lowest BCUT2D eigenvalue weighted by Gasteiger charge is -2.32. The van der Waals surface area contributed by atoms with Crippen molar-refractivity contribution in [1.82, 2.24) is 16.1 Å². The van der Waals surface area contributed by atoms with E-state index in [1.54, 1.807) is 14.0 Å². The number of hydrogen-bond donors (Lipinski definition) is 3. The van der Waals surface area contributed by atoms with Crippen molar-refractivity contribution in [3.63, 3.8) is 0 Å². The van der Waals surface area contributed by atoms with Crippen LogP contribution in [0.1, 0.15) is 53.5 Å². The minimum Gasteiger partial charge on any atom is -0.357 e. The predicted molar refractivity (Wildman–Crippen MR) is 117 cm³/mol. The quantitative estimate of drug-likeness (QED) is 0.508. The first-order chi connectivity index (χ1) is 14.0. The van der Waals surface area contributed by atoms with Crippen LogP contribution in [-0.2, 0) is 25.8 Å². The number of hydroxylamine groups is 1. The number of hydrogen-bond acceptors (Lipinski definition) is 4. The van der Waals surface area contributed by atoms with Crippen molar-refractivity contribution in [3.8, 4) is 0 Å². The Kier molecular flexibility index (Phi) is 9.99. The average molecular weight is 420 g/mol. The molecule has 1 rings (SSSR count). The number of likely N-dealkylation sites (N-methyl/N-ethyl adjacent to an activating group) is 1. The molecule has 0 bridgehead atoms. The zero-order valence-corrected chi connectivity index (χ0v) is 19.2. The van der Waals surface area contributed by atoms with Crippen LogP contribution in [0.25, 0.3) is 0 Å². The van der Waals surface area contributed by atoms with E-state index in [1.807, 2.05) is 65.0 Å². The van der Waals surface area contributed by atoms with Crippen LogP contribution in [0.5, 0.6) is 0 Å². The second-order valence-corrected chi connectivity index (χ2v) is 9.19. The number of amides is 3.